The fraction of sp³-hybridized carbons (Fsp3) is 1.00. The summed E-state index contributed by atoms with van der Waals surface area (Å²) in [5.74, 6) is 0.757. The lowest BCUT2D eigenvalue weighted by Crippen LogP contribution is -2.38. The molecule has 0 aliphatic rings. The van der Waals surface area contributed by atoms with E-state index in [1.807, 2.05) is 0 Å². The van der Waals surface area contributed by atoms with E-state index in [1.165, 1.54) is 0 Å². The molecule has 0 fully saturated rings. The van der Waals surface area contributed by atoms with Crippen molar-refractivity contribution in [3.8, 4) is 0 Å². The van der Waals surface area contributed by atoms with E-state index in [1.54, 1.807) is 0 Å². The van der Waals surface area contributed by atoms with Gasteiger partial charge < -0.3 is 4.90 Å². The average molecular weight is 143 g/mol. The molecule has 0 aliphatic carbocycles. The van der Waals surface area contributed by atoms with Crippen LogP contribution in [0.5, 0.6) is 0 Å². The Balaban J connectivity index is 3.81. The molecular formula is C9H21N. The fourth-order valence-corrected chi connectivity index (χ4v) is 0.941. The Hall–Kier alpha value is -0.0400. The zero-order valence-corrected chi connectivity index (χ0v) is 8.18. The molecule has 0 spiro atoms. The maximum Gasteiger partial charge on any atom is 0.00895 e. The van der Waals surface area contributed by atoms with Gasteiger partial charge in [-0.05, 0) is 33.7 Å². The second kappa shape index (κ2) is 3.97. The normalized spacial score (nSPS) is 15.3. The summed E-state index contributed by atoms with van der Waals surface area (Å²) in [7, 11) is 2.19. The minimum atomic E-state index is 0.664. The standard InChI is InChI=1S/C9H21N/c1-7(2)9(5)10(6)8(3)4/h7-9H,1-6H3/t9-/m1/s1. The molecule has 0 bridgehead atoms. The Bertz CT molecular complexity index is 74.7. The smallest absolute Gasteiger partial charge is 0.00895 e. The van der Waals surface area contributed by atoms with Crippen molar-refractivity contribution in [3.05, 3.63) is 0 Å². The van der Waals surface area contributed by atoms with Gasteiger partial charge in [-0.1, -0.05) is 13.8 Å². The van der Waals surface area contributed by atoms with Crippen molar-refractivity contribution in [2.24, 2.45) is 5.92 Å². The lowest BCUT2D eigenvalue weighted by molar-refractivity contribution is 0.168. The lowest BCUT2D eigenvalue weighted by atomic mass is 10.0. The van der Waals surface area contributed by atoms with Crippen molar-refractivity contribution in [3.63, 3.8) is 0 Å². The number of nitrogens with zero attached hydrogens (tertiary/aromatic N) is 1. The molecule has 1 atom stereocenters. The zero-order chi connectivity index (χ0) is 8.31. The summed E-state index contributed by atoms with van der Waals surface area (Å²) < 4.78 is 0. The molecule has 10 heavy (non-hydrogen) atoms. The lowest BCUT2D eigenvalue weighted by Gasteiger charge is -2.31. The molecule has 0 heterocycles. The quantitative estimate of drug-likeness (QED) is 0.586. The first-order valence-corrected chi connectivity index (χ1v) is 4.18. The fourth-order valence-electron chi connectivity index (χ4n) is 0.941. The van der Waals surface area contributed by atoms with Gasteiger partial charge in [0.05, 0.1) is 0 Å². The molecule has 0 saturated heterocycles. The van der Waals surface area contributed by atoms with Crippen molar-refractivity contribution in [1.29, 1.82) is 0 Å². The van der Waals surface area contributed by atoms with Crippen molar-refractivity contribution in [2.75, 3.05) is 7.05 Å². The maximum absolute atomic E-state index is 2.41. The zero-order valence-electron chi connectivity index (χ0n) is 8.18. The largest absolute Gasteiger partial charge is 0.301 e. The van der Waals surface area contributed by atoms with Gasteiger partial charge in [-0.15, -0.1) is 0 Å². The van der Waals surface area contributed by atoms with Gasteiger partial charge >= 0.3 is 0 Å². The summed E-state index contributed by atoms with van der Waals surface area (Å²) in [6.07, 6.45) is 0. The molecular weight excluding hydrogens is 122 g/mol. The molecule has 0 rings (SSSR count). The van der Waals surface area contributed by atoms with Crippen LogP contribution in [0.4, 0.5) is 0 Å². The highest BCUT2D eigenvalue weighted by atomic mass is 15.1. The van der Waals surface area contributed by atoms with Crippen LogP contribution in [-0.4, -0.2) is 24.0 Å². The van der Waals surface area contributed by atoms with E-state index < -0.39 is 0 Å². The van der Waals surface area contributed by atoms with Crippen LogP contribution in [0, 0.1) is 5.92 Å². The topological polar surface area (TPSA) is 3.24 Å². The first kappa shape index (κ1) is 9.96. The highest BCUT2D eigenvalue weighted by Crippen LogP contribution is 2.10. The summed E-state index contributed by atoms with van der Waals surface area (Å²) in [6, 6.07) is 1.36. The Labute approximate surface area is 65.4 Å². The van der Waals surface area contributed by atoms with Crippen molar-refractivity contribution in [1.82, 2.24) is 4.90 Å². The van der Waals surface area contributed by atoms with E-state index in [2.05, 4.69) is 46.6 Å². The predicted octanol–water partition coefficient (Wildman–Crippen LogP) is 2.37. The molecule has 0 aromatic heterocycles. The van der Waals surface area contributed by atoms with Crippen LogP contribution in [0.1, 0.15) is 34.6 Å². The van der Waals surface area contributed by atoms with Gasteiger partial charge in [0, 0.05) is 12.1 Å². The number of rotatable bonds is 3. The van der Waals surface area contributed by atoms with Crippen molar-refractivity contribution >= 4 is 0 Å². The van der Waals surface area contributed by atoms with E-state index in [-0.39, 0.29) is 0 Å². The Kier molecular flexibility index (Phi) is 3.95. The SMILES string of the molecule is CC(C)[C@@H](C)N(C)C(C)C. The van der Waals surface area contributed by atoms with E-state index in [0.717, 1.165) is 5.92 Å². The van der Waals surface area contributed by atoms with Gasteiger partial charge in [0.1, 0.15) is 0 Å². The summed E-state index contributed by atoms with van der Waals surface area (Å²) >= 11 is 0. The Morgan fingerprint density at radius 1 is 0.900 bits per heavy atom. The van der Waals surface area contributed by atoms with Gasteiger partial charge in [-0.25, -0.2) is 0 Å². The summed E-state index contributed by atoms with van der Waals surface area (Å²) in [5, 5.41) is 0. The van der Waals surface area contributed by atoms with Crippen LogP contribution in [0.2, 0.25) is 0 Å². The molecule has 1 heteroatoms. The molecule has 0 unspecified atom stereocenters. The molecule has 0 saturated carbocycles. The van der Waals surface area contributed by atoms with Gasteiger partial charge in [0.25, 0.3) is 0 Å². The summed E-state index contributed by atoms with van der Waals surface area (Å²) in [5.41, 5.74) is 0. The van der Waals surface area contributed by atoms with Crippen molar-refractivity contribution < 1.29 is 0 Å². The van der Waals surface area contributed by atoms with Gasteiger partial charge in [0.2, 0.25) is 0 Å². The van der Waals surface area contributed by atoms with E-state index in [0.29, 0.717) is 12.1 Å². The predicted molar refractivity (Wildman–Crippen MR) is 47.2 cm³/mol. The first-order valence-electron chi connectivity index (χ1n) is 4.18. The number of hydrogen-bond donors (Lipinski definition) is 0. The third-order valence-corrected chi connectivity index (χ3v) is 2.42. The van der Waals surface area contributed by atoms with Gasteiger partial charge in [0.15, 0.2) is 0 Å². The van der Waals surface area contributed by atoms with Crippen LogP contribution < -0.4 is 0 Å². The van der Waals surface area contributed by atoms with E-state index in [4.69, 9.17) is 0 Å². The van der Waals surface area contributed by atoms with Crippen LogP contribution in [0.15, 0.2) is 0 Å². The Morgan fingerprint density at radius 3 is 1.40 bits per heavy atom. The molecule has 0 aliphatic heterocycles. The van der Waals surface area contributed by atoms with Gasteiger partial charge in [-0.2, -0.15) is 0 Å². The highest BCUT2D eigenvalue weighted by molar-refractivity contribution is 4.69. The third kappa shape index (κ3) is 2.70. The molecule has 0 aromatic rings. The number of hydrogen-bond acceptors (Lipinski definition) is 1. The summed E-state index contributed by atoms with van der Waals surface area (Å²) in [4.78, 5) is 2.41. The van der Waals surface area contributed by atoms with Gasteiger partial charge in [-0.3, -0.25) is 0 Å². The van der Waals surface area contributed by atoms with Crippen molar-refractivity contribution in [2.45, 2.75) is 46.7 Å². The molecule has 0 amide bonds. The highest BCUT2D eigenvalue weighted by Gasteiger charge is 2.14. The Morgan fingerprint density at radius 2 is 1.30 bits per heavy atom. The average Bonchev–Trinajstić information content (AvgIpc) is 1.84. The molecule has 62 valence electrons. The van der Waals surface area contributed by atoms with E-state index in [9.17, 15) is 0 Å². The second-order valence-electron chi connectivity index (χ2n) is 3.74. The maximum atomic E-state index is 2.41. The molecule has 0 aromatic carbocycles. The molecule has 1 nitrogen and oxygen atoms in total. The minimum Gasteiger partial charge on any atom is -0.301 e. The summed E-state index contributed by atoms with van der Waals surface area (Å²) in [6.45, 7) is 11.3. The minimum absolute atomic E-state index is 0.664. The van der Waals surface area contributed by atoms with Crippen LogP contribution >= 0.6 is 0 Å². The molecule has 0 radical (unpaired) electrons. The first-order chi connectivity index (χ1) is 4.46. The third-order valence-electron chi connectivity index (χ3n) is 2.42. The van der Waals surface area contributed by atoms with E-state index >= 15 is 0 Å². The monoisotopic (exact) mass is 143 g/mol. The van der Waals surface area contributed by atoms with Crippen LogP contribution in [0.3, 0.4) is 0 Å². The second-order valence-corrected chi connectivity index (χ2v) is 3.74. The van der Waals surface area contributed by atoms with Crippen LogP contribution in [-0.2, 0) is 0 Å². The van der Waals surface area contributed by atoms with Crippen LogP contribution in [0.25, 0.3) is 0 Å². The molecule has 0 N–H and O–H groups in total.